The molecule has 2 aliphatic heterocycles. The van der Waals surface area contributed by atoms with E-state index in [0.717, 1.165) is 55.4 Å². The number of pyridine rings is 2. The maximum absolute atomic E-state index is 12.8. The zero-order chi connectivity index (χ0) is 52.9. The number of amides is 2. The molecule has 2 aliphatic rings. The van der Waals surface area contributed by atoms with E-state index in [-0.39, 0.29) is 28.6 Å². The third-order valence-electron chi connectivity index (χ3n) is 10.4. The Bertz CT molecular complexity index is 2990. The molecule has 8 rings (SSSR count). The molecule has 10 heteroatoms. The summed E-state index contributed by atoms with van der Waals surface area (Å²) in [6, 6.07) is 16.7. The number of nitrogens with zero attached hydrogens (tertiary/aromatic N) is 6. The first-order chi connectivity index (χ1) is 33.3. The van der Waals surface area contributed by atoms with Crippen molar-refractivity contribution in [2.75, 3.05) is 13.1 Å². The van der Waals surface area contributed by atoms with Crippen molar-refractivity contribution in [2.24, 2.45) is 0 Å². The fourth-order valence-corrected chi connectivity index (χ4v) is 7.71. The van der Waals surface area contributed by atoms with Crippen molar-refractivity contribution < 1.29 is 35.5 Å². The second kappa shape index (κ2) is 17.0. The third kappa shape index (κ3) is 9.75. The molecule has 4 aromatic heterocycles. The number of rotatable bonds is 5. The summed E-state index contributed by atoms with van der Waals surface area (Å²) in [5.41, 5.74) is 6.59. The Labute approximate surface area is 371 Å². The van der Waals surface area contributed by atoms with E-state index in [4.69, 9.17) is 25.9 Å². The minimum atomic E-state index is -2.27. The van der Waals surface area contributed by atoms with Crippen LogP contribution in [0.5, 0.6) is 0 Å². The van der Waals surface area contributed by atoms with Crippen molar-refractivity contribution in [3.8, 4) is 0 Å². The van der Waals surface area contributed by atoms with Gasteiger partial charge in [0.15, 0.2) is 0 Å². The molecule has 0 radical (unpaired) electrons. The minimum Gasteiger partial charge on any atom is -0.444 e. The molecule has 0 spiro atoms. The number of carbonyl (C=O) groups is 2. The molecule has 0 aliphatic carbocycles. The first-order valence-electron chi connectivity index (χ1n) is 26.1. The molecular weight excluding hydrogens is 749 g/mol. The van der Waals surface area contributed by atoms with E-state index in [9.17, 15) is 9.59 Å². The van der Waals surface area contributed by atoms with E-state index < -0.39 is 44.7 Å². The summed E-state index contributed by atoms with van der Waals surface area (Å²) in [4.78, 5) is 37.0. The zero-order valence-corrected chi connectivity index (χ0v) is 35.1. The lowest BCUT2D eigenvalue weighted by atomic mass is 10.0. The summed E-state index contributed by atoms with van der Waals surface area (Å²) < 4.78 is 107. The summed E-state index contributed by atoms with van der Waals surface area (Å²) in [6.45, 7) is 4.16. The van der Waals surface area contributed by atoms with Crippen LogP contribution in [-0.2, 0) is 48.4 Å². The summed E-state index contributed by atoms with van der Waals surface area (Å²) in [5.74, 6) is 0. The molecule has 2 amide bonds. The molecule has 314 valence electrons. The lowest BCUT2D eigenvalue weighted by molar-refractivity contribution is 0.0213. The average Bonchev–Trinajstić information content (AvgIpc) is 3.76. The van der Waals surface area contributed by atoms with Gasteiger partial charge in [-0.2, -0.15) is 0 Å². The van der Waals surface area contributed by atoms with Crippen LogP contribution < -0.4 is 0 Å². The van der Waals surface area contributed by atoms with Gasteiger partial charge in [-0.3, -0.25) is 9.97 Å². The van der Waals surface area contributed by atoms with E-state index in [1.165, 1.54) is 18.3 Å². The second-order valence-corrected chi connectivity index (χ2v) is 17.2. The maximum Gasteiger partial charge on any atom is 0.410 e. The molecule has 0 unspecified atom stereocenters. The maximum atomic E-state index is 12.8. The molecule has 60 heavy (non-hydrogen) atoms. The first kappa shape index (κ1) is 29.3. The lowest BCUT2D eigenvalue weighted by Gasteiger charge is -2.30. The third-order valence-corrected chi connectivity index (χ3v) is 10.4. The number of benzene rings is 2. The lowest BCUT2D eigenvalue weighted by Crippen LogP contribution is -2.40. The molecule has 0 saturated heterocycles. The van der Waals surface area contributed by atoms with Gasteiger partial charge < -0.3 is 28.4 Å². The fraction of sp³-hybridized carbons (Fsp3) is 0.400. The van der Waals surface area contributed by atoms with E-state index in [0.29, 0.717) is 52.0 Å². The second-order valence-electron chi connectivity index (χ2n) is 17.2. The van der Waals surface area contributed by atoms with Crippen LogP contribution in [-0.4, -0.2) is 65.4 Å². The Morgan fingerprint density at radius 2 is 1.27 bits per heavy atom. The minimum absolute atomic E-state index is 0.0304. The molecule has 6 heterocycles. The van der Waals surface area contributed by atoms with Crippen LogP contribution in [0.2, 0.25) is 0 Å². The van der Waals surface area contributed by atoms with Crippen LogP contribution in [0.4, 0.5) is 9.59 Å². The van der Waals surface area contributed by atoms with Gasteiger partial charge in [-0.1, -0.05) is 35.4 Å². The molecule has 6 aromatic rings. The van der Waals surface area contributed by atoms with E-state index in [1.54, 1.807) is 58.5 Å². The predicted octanol–water partition coefficient (Wildman–Crippen LogP) is 10.8. The summed E-state index contributed by atoms with van der Waals surface area (Å²) in [5, 5.41) is 1.59. The van der Waals surface area contributed by atoms with Gasteiger partial charge in [-0.25, -0.2) is 9.59 Å². The summed E-state index contributed by atoms with van der Waals surface area (Å²) >= 11 is 0. The van der Waals surface area contributed by atoms with Gasteiger partial charge in [0.1, 0.15) is 11.2 Å². The van der Waals surface area contributed by atoms with Gasteiger partial charge in [0, 0.05) is 118 Å². The smallest absolute Gasteiger partial charge is 0.410 e. The summed E-state index contributed by atoms with van der Waals surface area (Å²) in [6.07, 6.45) is 7.80. The first-order valence-corrected chi connectivity index (χ1v) is 20.1. The van der Waals surface area contributed by atoms with E-state index >= 15 is 0 Å². The highest BCUT2D eigenvalue weighted by Gasteiger charge is 2.31. The molecule has 0 saturated carbocycles. The Balaban J connectivity index is 0.000000211. The van der Waals surface area contributed by atoms with Gasteiger partial charge in [0.25, 0.3) is 0 Å². The topological polar surface area (TPSA) is 94.7 Å². The van der Waals surface area contributed by atoms with Crippen LogP contribution in [0, 0.1) is 27.4 Å². The van der Waals surface area contributed by atoms with Gasteiger partial charge in [-0.15, -0.1) is 0 Å². The van der Waals surface area contributed by atoms with Crippen molar-refractivity contribution in [3.05, 3.63) is 129 Å². The summed E-state index contributed by atoms with van der Waals surface area (Å²) in [7, 11) is 0. The molecule has 0 bridgehead atoms. The molecule has 0 atom stereocenters. The Kier molecular flexibility index (Phi) is 8.31. The van der Waals surface area contributed by atoms with Crippen molar-refractivity contribution in [1.82, 2.24) is 28.9 Å². The van der Waals surface area contributed by atoms with Crippen LogP contribution in [0.15, 0.2) is 73.1 Å². The van der Waals surface area contributed by atoms with Gasteiger partial charge in [0.05, 0.1) is 18.6 Å². The fourth-order valence-electron chi connectivity index (χ4n) is 7.71. The molecule has 2 aromatic carbocycles. The highest BCUT2D eigenvalue weighted by atomic mass is 16.6. The van der Waals surface area contributed by atoms with Gasteiger partial charge in [-0.05, 0) is 129 Å². The van der Waals surface area contributed by atoms with Gasteiger partial charge >= 0.3 is 12.2 Å². The number of aryl methyl sites for hydroxylation is 6. The molecule has 0 fully saturated rings. The SMILES string of the molecule is [2H]C([2H])([2H])c1ccc2c(c1)c1c(n2C=Cc2ccc(C([2H])([2H])[2H])nc2)CCN(C(=O)OC(C)(C)C)C1.[2H]C([2H])([2H])c1ccc2c(c1)c1c(n2CCc2ccc(C([2H])([2H])[2H])nc2)CCN(C(=O)OC(C)(C)C)C1. The number of fused-ring (bicyclic) bond motifs is 6. The Hall–Kier alpha value is -5.90. The quantitative estimate of drug-likeness (QED) is 0.172. The highest BCUT2D eigenvalue weighted by molar-refractivity contribution is 5.90. The Morgan fingerprint density at radius 1 is 0.700 bits per heavy atom. The molecule has 0 N–H and O–H groups in total. The Morgan fingerprint density at radius 3 is 1.82 bits per heavy atom. The predicted molar refractivity (Wildman–Crippen MR) is 241 cm³/mol. The van der Waals surface area contributed by atoms with Crippen molar-refractivity contribution in [3.63, 3.8) is 0 Å². The van der Waals surface area contributed by atoms with E-state index in [1.807, 2.05) is 64.5 Å². The van der Waals surface area contributed by atoms with Crippen molar-refractivity contribution in [2.45, 2.75) is 119 Å². The van der Waals surface area contributed by atoms with Crippen LogP contribution in [0.3, 0.4) is 0 Å². The van der Waals surface area contributed by atoms with Gasteiger partial charge in [0.2, 0.25) is 0 Å². The number of hydrogen-bond donors (Lipinski definition) is 0. The molecule has 10 nitrogen and oxygen atoms in total. The monoisotopic (exact) mass is 821 g/mol. The number of hydrogen-bond acceptors (Lipinski definition) is 6. The van der Waals surface area contributed by atoms with Crippen molar-refractivity contribution in [1.29, 1.82) is 0 Å². The zero-order valence-electron chi connectivity index (χ0n) is 47.1. The normalized spacial score (nSPS) is 18.0. The number of carbonyl (C=O) groups excluding carboxylic acids is 2. The highest BCUT2D eigenvalue weighted by Crippen LogP contribution is 2.34. The van der Waals surface area contributed by atoms with Crippen molar-refractivity contribution >= 4 is 46.3 Å². The largest absolute Gasteiger partial charge is 0.444 e. The van der Waals surface area contributed by atoms with Crippen LogP contribution in [0.1, 0.15) is 114 Å². The van der Waals surface area contributed by atoms with Crippen LogP contribution in [0.25, 0.3) is 34.1 Å². The standard InChI is InChI=1S/C25H31N3O2.C25H29N3O2/c2*1-17-6-9-22-20(14-17)21-16-27(24(29)30-25(3,4)5)12-11-23(21)28(22)13-10-19-8-7-18(2)26-15-19/h6-9,14-15H,10-13,16H2,1-5H3;6-10,13-15H,11-12,16H2,1-5H3/i2*1D3,2D3. The van der Waals surface area contributed by atoms with E-state index in [2.05, 4.69) is 14.5 Å². The average molecular weight is 821 g/mol. The number of aromatic nitrogens is 4. The van der Waals surface area contributed by atoms with Crippen LogP contribution >= 0.6 is 0 Å². The number of ether oxygens (including phenoxy) is 2. The molecular formula is C50H60N6O4.